The van der Waals surface area contributed by atoms with Crippen LogP contribution in [0.3, 0.4) is 0 Å². The Morgan fingerprint density at radius 2 is 0.621 bits per heavy atom. The Morgan fingerprint density at radius 3 is 1.19 bits per heavy atom. The molecule has 0 N–H and O–H groups in total. The van der Waals surface area contributed by atoms with E-state index < -0.39 is 0 Å². The molecule has 11 aromatic rings. The van der Waals surface area contributed by atoms with Gasteiger partial charge in [-0.1, -0.05) is 267 Å². The van der Waals surface area contributed by atoms with Crippen LogP contribution in [0.4, 0.5) is 34.1 Å². The van der Waals surface area contributed by atoms with E-state index in [-0.39, 0.29) is 48.7 Å². The van der Waals surface area contributed by atoms with Gasteiger partial charge in [-0.3, -0.25) is 0 Å². The van der Waals surface area contributed by atoms with Gasteiger partial charge in [0.1, 0.15) is 0 Å². The maximum absolute atomic E-state index is 2.71. The largest absolute Gasteiger partial charge is 0.310 e. The number of hydrogen-bond acceptors (Lipinski definition) is 2. The predicted octanol–water partition coefficient (Wildman–Crippen LogP) is 24.5. The van der Waals surface area contributed by atoms with Crippen molar-refractivity contribution in [2.75, 3.05) is 9.80 Å². The van der Waals surface area contributed by atoms with Crippen LogP contribution in [0, 0.1) is 0 Å². The topological polar surface area (TPSA) is 6.48 Å². The second kappa shape index (κ2) is 19.2. The third kappa shape index (κ3) is 7.75. The number of rotatable bonds is 7. The minimum atomic E-state index is -0.317. The van der Waals surface area contributed by atoms with Crippen molar-refractivity contribution in [2.24, 2.45) is 0 Å². The summed E-state index contributed by atoms with van der Waals surface area (Å²) in [5.41, 5.74) is 37.3. The third-order valence-corrected chi connectivity index (χ3v) is 25.3. The van der Waals surface area contributed by atoms with Gasteiger partial charge in [-0.2, -0.15) is 0 Å². The molecule has 7 aliphatic carbocycles. The van der Waals surface area contributed by atoms with Gasteiger partial charge in [0.05, 0.1) is 17.1 Å². The normalized spacial score (nSPS) is 21.5. The molecule has 11 aromatic carbocycles. The highest BCUT2D eigenvalue weighted by Gasteiger charge is 2.59. The molecule has 95 heavy (non-hydrogen) atoms. The van der Waals surface area contributed by atoms with E-state index in [2.05, 4.69) is 337 Å². The molecule has 0 heterocycles. The molecular formula is C93H88N2. The van der Waals surface area contributed by atoms with Crippen molar-refractivity contribution in [1.82, 2.24) is 0 Å². The molecule has 18 rings (SSSR count). The second-order valence-corrected chi connectivity index (χ2v) is 34.0. The van der Waals surface area contributed by atoms with E-state index in [9.17, 15) is 0 Å². The minimum Gasteiger partial charge on any atom is -0.310 e. The maximum atomic E-state index is 2.71. The summed E-state index contributed by atoms with van der Waals surface area (Å²) < 4.78 is 0. The Kier molecular flexibility index (Phi) is 11.8. The molecule has 2 spiro atoms. The summed E-state index contributed by atoms with van der Waals surface area (Å²) in [5, 5.41) is 0. The number of anilines is 6. The first-order valence-electron chi connectivity index (χ1n) is 35.3. The lowest BCUT2D eigenvalue weighted by Gasteiger charge is -2.34. The van der Waals surface area contributed by atoms with Crippen LogP contribution in [0.25, 0.3) is 44.5 Å². The average molecular weight is 1230 g/mol. The number of hydrogen-bond donors (Lipinski definition) is 0. The van der Waals surface area contributed by atoms with Gasteiger partial charge < -0.3 is 9.80 Å². The first-order chi connectivity index (χ1) is 45.3. The average Bonchev–Trinajstić information content (AvgIpc) is 1.54. The highest BCUT2D eigenvalue weighted by Crippen LogP contribution is 2.68. The fourth-order valence-electron chi connectivity index (χ4n) is 21.8. The lowest BCUT2D eigenvalue weighted by molar-refractivity contribution is 0.349. The van der Waals surface area contributed by atoms with Gasteiger partial charge in [-0.15, -0.1) is 0 Å². The summed E-state index contributed by atoms with van der Waals surface area (Å²) in [5.74, 6) is 0. The van der Waals surface area contributed by atoms with Crippen molar-refractivity contribution < 1.29 is 0 Å². The van der Waals surface area contributed by atoms with E-state index in [1.807, 2.05) is 0 Å². The molecular weight excluding hydrogens is 1150 g/mol. The SMILES string of the molecule is CC1(C)CC2(CC(C)(C)c3c(N(c4ccccc4)c4ccc5c(c4)C(C)(C)c4cc(-c6cccc7c6C(C)(C)c6cccc(N(c8ccc9c(c8)C(C)(C)c8ccccc8-9)c8cccc9c8C(C)(C)CC98CC(C)(C)c9ccccc98)c6-7)ccc4-5)cccc32)c2ccccc21. The van der Waals surface area contributed by atoms with Crippen molar-refractivity contribution in [3.05, 3.63) is 308 Å². The van der Waals surface area contributed by atoms with Gasteiger partial charge in [-0.05, 0) is 225 Å². The first-order valence-corrected chi connectivity index (χ1v) is 35.3. The Morgan fingerprint density at radius 1 is 0.232 bits per heavy atom. The van der Waals surface area contributed by atoms with E-state index in [0.29, 0.717) is 0 Å². The summed E-state index contributed by atoms with van der Waals surface area (Å²) in [6, 6.07) is 90.2. The molecule has 0 bridgehead atoms. The van der Waals surface area contributed by atoms with Crippen molar-refractivity contribution in [2.45, 2.75) is 171 Å². The van der Waals surface area contributed by atoms with Gasteiger partial charge in [0.2, 0.25) is 0 Å². The Balaban J connectivity index is 0.769. The lowest BCUT2D eigenvalue weighted by Crippen LogP contribution is -2.26. The summed E-state index contributed by atoms with van der Waals surface area (Å²) in [6.45, 7) is 34.7. The summed E-state index contributed by atoms with van der Waals surface area (Å²) in [7, 11) is 0. The maximum Gasteiger partial charge on any atom is 0.0543 e. The second-order valence-electron chi connectivity index (χ2n) is 34.0. The number of benzene rings is 11. The van der Waals surface area contributed by atoms with Crippen molar-refractivity contribution >= 4 is 34.1 Å². The van der Waals surface area contributed by atoms with Crippen LogP contribution in [0.15, 0.2) is 231 Å². The molecule has 2 unspecified atom stereocenters. The molecule has 0 saturated carbocycles. The zero-order chi connectivity index (χ0) is 65.5. The molecule has 0 radical (unpaired) electrons. The van der Waals surface area contributed by atoms with Gasteiger partial charge in [-0.25, -0.2) is 0 Å². The Hall–Kier alpha value is -8.98. The third-order valence-electron chi connectivity index (χ3n) is 25.3. The van der Waals surface area contributed by atoms with Crippen LogP contribution in [-0.4, -0.2) is 0 Å². The fourth-order valence-corrected chi connectivity index (χ4v) is 21.8. The molecule has 2 atom stereocenters. The van der Waals surface area contributed by atoms with E-state index in [1.54, 1.807) is 0 Å². The van der Waals surface area contributed by atoms with Gasteiger partial charge in [0.25, 0.3) is 0 Å². The molecule has 0 fully saturated rings. The van der Waals surface area contributed by atoms with E-state index >= 15 is 0 Å². The van der Waals surface area contributed by atoms with E-state index in [0.717, 1.165) is 25.7 Å². The van der Waals surface area contributed by atoms with Crippen LogP contribution in [0.5, 0.6) is 0 Å². The Bertz CT molecular complexity index is 5130. The van der Waals surface area contributed by atoms with Crippen LogP contribution >= 0.6 is 0 Å². The molecule has 2 heteroatoms. The van der Waals surface area contributed by atoms with Crippen molar-refractivity contribution in [3.8, 4) is 44.5 Å². The summed E-state index contributed by atoms with van der Waals surface area (Å²) in [4.78, 5) is 5.29. The fraction of sp³-hybridized carbons (Fsp3) is 0.290. The number of fused-ring (bicyclic) bond motifs is 17. The molecule has 0 aromatic heterocycles. The van der Waals surface area contributed by atoms with Crippen LogP contribution in [-0.2, 0) is 48.7 Å². The smallest absolute Gasteiger partial charge is 0.0543 e. The van der Waals surface area contributed by atoms with E-state index in [1.165, 1.54) is 157 Å². The highest BCUT2D eigenvalue weighted by atomic mass is 15.2. The number of nitrogens with zero attached hydrogens (tertiary/aromatic N) is 2. The molecule has 7 aliphatic rings. The first kappa shape index (κ1) is 58.6. The van der Waals surface area contributed by atoms with Gasteiger partial charge >= 0.3 is 0 Å². The Labute approximate surface area is 564 Å². The lowest BCUT2D eigenvalue weighted by atomic mass is 9.72. The molecule has 2 nitrogen and oxygen atoms in total. The zero-order valence-corrected chi connectivity index (χ0v) is 58.2. The van der Waals surface area contributed by atoms with Gasteiger partial charge in [0, 0.05) is 49.7 Å². The van der Waals surface area contributed by atoms with Gasteiger partial charge in [0.15, 0.2) is 0 Å². The van der Waals surface area contributed by atoms with Crippen molar-refractivity contribution in [3.63, 3.8) is 0 Å². The van der Waals surface area contributed by atoms with Crippen LogP contribution in [0.1, 0.15) is 201 Å². The zero-order valence-electron chi connectivity index (χ0n) is 58.2. The highest BCUT2D eigenvalue weighted by molar-refractivity contribution is 6.00. The number of para-hydroxylation sites is 1. The molecule has 0 aliphatic heterocycles. The summed E-state index contributed by atoms with van der Waals surface area (Å²) in [6.07, 6.45) is 4.37. The van der Waals surface area contributed by atoms with Crippen LogP contribution < -0.4 is 9.80 Å². The molecule has 470 valence electrons. The quantitative estimate of drug-likeness (QED) is 0.157. The standard InChI is InChI=1S/C93H88N2/c1-85(2)53-92(70-36-22-20-34-68(70)85)55-87(5,6)83-73(92)39-26-42-79(83)94(58-28-16-15-17-29-58)59-45-48-65-63-47-44-57(50-75(63)90(11,12)77(65)51-59)61-31-24-32-66-81-72(91(13,14)82(61)66)38-25-41-78(81)95(60-46-49-64-62-30-18-19-33-67(62)89(9,10)76(64)52-60)80-43-27-40-74-84(80)88(7,8)56-93(74)54-86(3,4)69-35-21-23-37-71(69)93/h15-52H,53-56H2,1-14H3. The minimum absolute atomic E-state index is 0.0466. The predicted molar refractivity (Wildman–Crippen MR) is 399 cm³/mol. The summed E-state index contributed by atoms with van der Waals surface area (Å²) >= 11 is 0. The monoisotopic (exact) mass is 1230 g/mol. The van der Waals surface area contributed by atoms with Crippen molar-refractivity contribution in [1.29, 1.82) is 0 Å². The molecule has 0 saturated heterocycles. The van der Waals surface area contributed by atoms with Crippen LogP contribution in [0.2, 0.25) is 0 Å². The molecule has 0 amide bonds. The van der Waals surface area contributed by atoms with E-state index in [4.69, 9.17) is 0 Å².